The van der Waals surface area contributed by atoms with Crippen molar-refractivity contribution >= 4 is 10.0 Å². The van der Waals surface area contributed by atoms with E-state index in [2.05, 4.69) is 4.72 Å². The van der Waals surface area contributed by atoms with Crippen LogP contribution in [0.3, 0.4) is 0 Å². The quantitative estimate of drug-likeness (QED) is 0.782. The second-order valence-corrected chi connectivity index (χ2v) is 8.13. The van der Waals surface area contributed by atoms with E-state index < -0.39 is 10.0 Å². The molecule has 26 heavy (non-hydrogen) atoms. The van der Waals surface area contributed by atoms with Crippen molar-refractivity contribution in [3.8, 4) is 16.9 Å². The molecule has 1 N–H and O–H groups in total. The zero-order valence-electron chi connectivity index (χ0n) is 15.7. The maximum Gasteiger partial charge on any atom is 0.253 e. The summed E-state index contributed by atoms with van der Waals surface area (Å²) in [5.74, 6) is 0.256. The summed E-state index contributed by atoms with van der Waals surface area (Å²) in [7, 11) is 3.19. The number of rotatable bonds is 7. The van der Waals surface area contributed by atoms with Gasteiger partial charge in [-0.15, -0.1) is 0 Å². The molecule has 0 bridgehead atoms. The maximum atomic E-state index is 12.5. The number of hydrogen-bond donors (Lipinski definition) is 1. The van der Waals surface area contributed by atoms with Crippen molar-refractivity contribution in [3.63, 3.8) is 0 Å². The van der Waals surface area contributed by atoms with E-state index in [1.165, 1.54) is 17.7 Å². The van der Waals surface area contributed by atoms with Crippen molar-refractivity contribution in [1.29, 1.82) is 0 Å². The van der Waals surface area contributed by atoms with Crippen LogP contribution in [0.1, 0.15) is 5.56 Å². The van der Waals surface area contributed by atoms with Gasteiger partial charge >= 0.3 is 0 Å². The summed E-state index contributed by atoms with van der Waals surface area (Å²) in [5.41, 5.74) is 2.14. The normalized spacial score (nSPS) is 11.8. The molecule has 2 aromatic rings. The number of pyridine rings is 1. The van der Waals surface area contributed by atoms with Gasteiger partial charge in [-0.1, -0.05) is 6.07 Å². The predicted molar refractivity (Wildman–Crippen MR) is 102 cm³/mol. The third-order valence-corrected chi connectivity index (χ3v) is 5.50. The highest BCUT2D eigenvalue weighted by atomic mass is 32.2. The van der Waals surface area contributed by atoms with Crippen LogP contribution in [0.15, 0.2) is 40.2 Å². The average molecular weight is 379 g/mol. The van der Waals surface area contributed by atoms with Gasteiger partial charge in [0.15, 0.2) is 0 Å². The number of ether oxygens (including phenoxy) is 1. The van der Waals surface area contributed by atoms with Crippen molar-refractivity contribution in [2.45, 2.75) is 11.8 Å². The molecule has 0 amide bonds. The molecular weight excluding hydrogens is 354 g/mol. The van der Waals surface area contributed by atoms with Gasteiger partial charge in [0.25, 0.3) is 5.56 Å². The lowest BCUT2D eigenvalue weighted by atomic mass is 10.1. The van der Waals surface area contributed by atoms with E-state index >= 15 is 0 Å². The van der Waals surface area contributed by atoms with E-state index in [0.29, 0.717) is 18.7 Å². The van der Waals surface area contributed by atoms with Crippen LogP contribution in [0.25, 0.3) is 11.1 Å². The molecule has 8 heteroatoms. The van der Waals surface area contributed by atoms with Gasteiger partial charge < -0.3 is 14.2 Å². The summed E-state index contributed by atoms with van der Waals surface area (Å²) >= 11 is 0. The largest absolute Gasteiger partial charge is 0.495 e. The van der Waals surface area contributed by atoms with Gasteiger partial charge in [-0.2, -0.15) is 0 Å². The minimum atomic E-state index is -3.68. The smallest absolute Gasteiger partial charge is 0.253 e. The first kappa shape index (κ1) is 20.2. The topological polar surface area (TPSA) is 80.6 Å². The Labute approximate surface area is 154 Å². The number of aromatic nitrogens is 1. The van der Waals surface area contributed by atoms with Crippen LogP contribution in [0.5, 0.6) is 5.75 Å². The molecule has 0 radical (unpaired) electrons. The summed E-state index contributed by atoms with van der Waals surface area (Å²) in [5, 5.41) is 0. The highest BCUT2D eigenvalue weighted by Crippen LogP contribution is 2.30. The minimum Gasteiger partial charge on any atom is -0.495 e. The van der Waals surface area contributed by atoms with Gasteiger partial charge in [0.2, 0.25) is 10.0 Å². The second kappa shape index (κ2) is 8.03. The molecule has 1 aromatic carbocycles. The Balaban J connectivity index is 2.40. The number of aryl methyl sites for hydroxylation is 2. The van der Waals surface area contributed by atoms with Crippen LogP contribution in [-0.2, 0) is 17.1 Å². The lowest BCUT2D eigenvalue weighted by Crippen LogP contribution is -2.31. The number of hydrogen-bond acceptors (Lipinski definition) is 5. The summed E-state index contributed by atoms with van der Waals surface area (Å²) in [6, 6.07) is 6.68. The van der Waals surface area contributed by atoms with E-state index in [0.717, 1.165) is 11.1 Å². The monoisotopic (exact) mass is 379 g/mol. The Bertz CT molecular complexity index is 923. The Hall–Kier alpha value is -2.16. The summed E-state index contributed by atoms with van der Waals surface area (Å²) in [6.07, 6.45) is 1.72. The van der Waals surface area contributed by atoms with Crippen LogP contribution in [0.4, 0.5) is 0 Å². The molecule has 7 nitrogen and oxygen atoms in total. The lowest BCUT2D eigenvalue weighted by molar-refractivity contribution is 0.400. The lowest BCUT2D eigenvalue weighted by Gasteiger charge is -2.14. The third kappa shape index (κ3) is 4.51. The van der Waals surface area contributed by atoms with Gasteiger partial charge in [-0.05, 0) is 50.3 Å². The van der Waals surface area contributed by atoms with E-state index in [1.807, 2.05) is 19.0 Å². The average Bonchev–Trinajstić information content (AvgIpc) is 2.58. The fraction of sp³-hybridized carbons (Fsp3) is 0.389. The molecule has 1 heterocycles. The molecule has 0 saturated carbocycles. The van der Waals surface area contributed by atoms with Gasteiger partial charge in [0.05, 0.1) is 7.11 Å². The molecule has 0 atom stereocenters. The molecule has 0 unspecified atom stereocenters. The Morgan fingerprint density at radius 1 is 1.19 bits per heavy atom. The zero-order valence-corrected chi connectivity index (χ0v) is 16.6. The van der Waals surface area contributed by atoms with E-state index in [4.69, 9.17) is 4.74 Å². The van der Waals surface area contributed by atoms with E-state index in [1.54, 1.807) is 38.4 Å². The van der Waals surface area contributed by atoms with Gasteiger partial charge in [-0.3, -0.25) is 4.79 Å². The first-order chi connectivity index (χ1) is 12.2. The Morgan fingerprint density at radius 2 is 1.88 bits per heavy atom. The highest BCUT2D eigenvalue weighted by Gasteiger charge is 2.20. The number of nitrogens with zero attached hydrogens (tertiary/aromatic N) is 2. The molecule has 2 rings (SSSR count). The molecule has 0 aliphatic rings. The first-order valence-corrected chi connectivity index (χ1v) is 9.64. The number of nitrogens with one attached hydrogen (secondary N) is 1. The summed E-state index contributed by atoms with van der Waals surface area (Å²) in [6.45, 7) is 2.65. The molecule has 142 valence electrons. The maximum absolute atomic E-state index is 12.5. The standard InChI is InChI=1S/C18H25N3O4S/c1-13-10-15(12-21(4)18(13)22)14-6-7-17(16(11-14)25-5)26(23,24)19-8-9-20(2)3/h6-7,10-12,19H,8-9H2,1-5H3. The highest BCUT2D eigenvalue weighted by molar-refractivity contribution is 7.89. The van der Waals surface area contributed by atoms with Crippen molar-refractivity contribution in [3.05, 3.63) is 46.4 Å². The van der Waals surface area contributed by atoms with Crippen molar-refractivity contribution in [1.82, 2.24) is 14.2 Å². The van der Waals surface area contributed by atoms with Crippen molar-refractivity contribution < 1.29 is 13.2 Å². The SMILES string of the molecule is COc1cc(-c2cc(C)c(=O)n(C)c2)ccc1S(=O)(=O)NCCN(C)C. The van der Waals surface area contributed by atoms with Crippen LogP contribution in [0.2, 0.25) is 0 Å². The predicted octanol–water partition coefficient (Wildman–Crippen LogP) is 1.21. The van der Waals surface area contributed by atoms with Crippen molar-refractivity contribution in [2.75, 3.05) is 34.3 Å². The Morgan fingerprint density at radius 3 is 2.46 bits per heavy atom. The number of benzene rings is 1. The first-order valence-electron chi connectivity index (χ1n) is 8.16. The zero-order chi connectivity index (χ0) is 19.5. The molecule has 0 aliphatic heterocycles. The molecule has 0 spiro atoms. The van der Waals surface area contributed by atoms with Crippen LogP contribution >= 0.6 is 0 Å². The second-order valence-electron chi connectivity index (χ2n) is 6.39. The molecule has 1 aromatic heterocycles. The number of likely N-dealkylation sites (N-methyl/N-ethyl adjacent to an activating group) is 1. The number of sulfonamides is 1. The molecule has 0 aliphatic carbocycles. The third-order valence-electron chi connectivity index (χ3n) is 4.00. The molecule has 0 fully saturated rings. The Kier molecular flexibility index (Phi) is 6.22. The molecule has 0 saturated heterocycles. The fourth-order valence-corrected chi connectivity index (χ4v) is 3.76. The van der Waals surface area contributed by atoms with Gasteiger partial charge in [-0.25, -0.2) is 13.1 Å². The minimum absolute atomic E-state index is 0.0648. The molecular formula is C18H25N3O4S. The number of methoxy groups -OCH3 is 1. The summed E-state index contributed by atoms with van der Waals surface area (Å²) in [4.78, 5) is 13.8. The van der Waals surface area contributed by atoms with Crippen LogP contribution in [0, 0.1) is 6.92 Å². The van der Waals surface area contributed by atoms with E-state index in [9.17, 15) is 13.2 Å². The van der Waals surface area contributed by atoms with Gasteiger partial charge in [0, 0.05) is 31.9 Å². The van der Waals surface area contributed by atoms with Crippen LogP contribution in [-0.4, -0.2) is 52.2 Å². The van der Waals surface area contributed by atoms with Crippen LogP contribution < -0.4 is 15.0 Å². The van der Waals surface area contributed by atoms with Crippen molar-refractivity contribution in [2.24, 2.45) is 7.05 Å². The van der Waals surface area contributed by atoms with E-state index in [-0.39, 0.29) is 16.2 Å². The summed E-state index contributed by atoms with van der Waals surface area (Å²) < 4.78 is 34.5. The van der Waals surface area contributed by atoms with Gasteiger partial charge in [0.1, 0.15) is 10.6 Å². The fourth-order valence-electron chi connectivity index (χ4n) is 2.59.